The summed E-state index contributed by atoms with van der Waals surface area (Å²) in [6.45, 7) is 5.21. The first-order valence-corrected chi connectivity index (χ1v) is 8.33. The lowest BCUT2D eigenvalue weighted by Gasteiger charge is -2.34. The predicted molar refractivity (Wildman–Crippen MR) is 88.1 cm³/mol. The molecule has 116 valence electrons. The number of carbonyl (C=O) groups is 1. The Morgan fingerprint density at radius 2 is 2.14 bits per heavy atom. The molecule has 1 aromatic carbocycles. The predicted octanol–water partition coefficient (Wildman–Crippen LogP) is 3.41. The summed E-state index contributed by atoms with van der Waals surface area (Å²) in [6.07, 6.45) is 1.54. The summed E-state index contributed by atoms with van der Waals surface area (Å²) in [5, 5.41) is 4.45. The number of piperazine rings is 1. The van der Waals surface area contributed by atoms with Crippen molar-refractivity contribution in [2.24, 2.45) is 5.11 Å². The van der Waals surface area contributed by atoms with Crippen LogP contribution >= 0.6 is 11.3 Å². The van der Waals surface area contributed by atoms with E-state index in [2.05, 4.69) is 15.0 Å². The number of nitrogens with zero attached hydrogens (tertiary/aromatic N) is 4. The van der Waals surface area contributed by atoms with E-state index in [1.54, 1.807) is 17.4 Å². The molecule has 0 spiro atoms. The fraction of sp³-hybridized carbons (Fsp3) is 0.467. The Morgan fingerprint density at radius 1 is 1.36 bits per heavy atom. The second kappa shape index (κ2) is 6.39. The van der Waals surface area contributed by atoms with E-state index in [4.69, 9.17) is 5.53 Å². The molecular formula is C15H19N5OS. The van der Waals surface area contributed by atoms with Crippen molar-refractivity contribution in [2.75, 3.05) is 31.1 Å². The smallest absolute Gasteiger partial charge is 0.222 e. The summed E-state index contributed by atoms with van der Waals surface area (Å²) in [4.78, 5) is 20.8. The molecule has 3 rings (SSSR count). The molecule has 0 atom stereocenters. The molecule has 1 N–H and O–H groups in total. The summed E-state index contributed by atoms with van der Waals surface area (Å²) in [5.41, 5.74) is 8.67. The minimum absolute atomic E-state index is 0.258. The van der Waals surface area contributed by atoms with Gasteiger partial charge in [0, 0.05) is 32.6 Å². The zero-order chi connectivity index (χ0) is 15.5. The highest BCUT2D eigenvalue weighted by atomic mass is 32.1. The summed E-state index contributed by atoms with van der Waals surface area (Å²) < 4.78 is 1.05. The Morgan fingerprint density at radius 3 is 2.82 bits per heavy atom. The van der Waals surface area contributed by atoms with E-state index in [1.165, 1.54) is 0 Å². The minimum Gasteiger partial charge on any atom is -0.345 e. The van der Waals surface area contributed by atoms with Gasteiger partial charge in [-0.15, -0.1) is 0 Å². The summed E-state index contributed by atoms with van der Waals surface area (Å²) in [5.74, 6) is 0.258. The molecule has 1 fully saturated rings. The van der Waals surface area contributed by atoms with E-state index < -0.39 is 0 Å². The number of hydrogen-bond acceptors (Lipinski definition) is 6. The van der Waals surface area contributed by atoms with Gasteiger partial charge >= 0.3 is 0 Å². The molecule has 2 heterocycles. The number of carbonyl (C=O) groups excluding carboxylic acids is 1. The molecule has 2 aromatic rings. The van der Waals surface area contributed by atoms with Gasteiger partial charge in [0.1, 0.15) is 0 Å². The van der Waals surface area contributed by atoms with Gasteiger partial charge < -0.3 is 9.80 Å². The third-order valence-corrected chi connectivity index (χ3v) is 4.94. The molecule has 7 heteroatoms. The minimum atomic E-state index is 0.258. The van der Waals surface area contributed by atoms with E-state index in [9.17, 15) is 4.79 Å². The van der Waals surface area contributed by atoms with Crippen molar-refractivity contribution in [3.63, 3.8) is 0 Å². The zero-order valence-electron chi connectivity index (χ0n) is 12.6. The van der Waals surface area contributed by atoms with Crippen LogP contribution in [0.5, 0.6) is 0 Å². The van der Waals surface area contributed by atoms with E-state index in [0.29, 0.717) is 12.1 Å². The molecule has 0 unspecified atom stereocenters. The van der Waals surface area contributed by atoms with Crippen LogP contribution in [0.2, 0.25) is 0 Å². The number of anilines is 1. The van der Waals surface area contributed by atoms with Gasteiger partial charge in [0.25, 0.3) is 0 Å². The molecule has 0 bridgehead atoms. The van der Waals surface area contributed by atoms with Crippen LogP contribution < -0.4 is 4.90 Å². The molecule has 1 saturated heterocycles. The number of rotatable bonds is 4. The van der Waals surface area contributed by atoms with E-state index in [0.717, 1.165) is 47.9 Å². The summed E-state index contributed by atoms with van der Waals surface area (Å²) >= 11 is 1.62. The number of aromatic nitrogens is 1. The fourth-order valence-corrected chi connectivity index (χ4v) is 3.68. The van der Waals surface area contributed by atoms with Gasteiger partial charge in [-0.2, -0.15) is 5.11 Å². The molecule has 0 radical (unpaired) electrons. The number of amides is 1. The standard InChI is InChI=1S/C15H19N5OS/c1-2-3-14(21)19-6-8-20(9-7-19)15-17-12-5-4-11(18-16)10-13(12)22-15/h4-5,10,16H,2-3,6-9H2,1H3. The molecule has 1 aliphatic rings. The average Bonchev–Trinajstić information content (AvgIpc) is 2.98. The van der Waals surface area contributed by atoms with Gasteiger partial charge in [-0.3, -0.25) is 4.79 Å². The molecule has 6 nitrogen and oxygen atoms in total. The van der Waals surface area contributed by atoms with Gasteiger partial charge in [-0.05, 0) is 24.6 Å². The third kappa shape index (κ3) is 2.94. The topological polar surface area (TPSA) is 72.7 Å². The quantitative estimate of drug-likeness (QED) is 0.878. The third-order valence-electron chi connectivity index (χ3n) is 3.86. The van der Waals surface area contributed by atoms with Gasteiger partial charge in [0.05, 0.1) is 15.9 Å². The van der Waals surface area contributed by atoms with Gasteiger partial charge in [-0.25, -0.2) is 10.5 Å². The second-order valence-electron chi connectivity index (χ2n) is 5.38. The SMILES string of the molecule is CCCC(=O)N1CCN(c2nc3ccc(N=N)cc3s2)CC1. The Labute approximate surface area is 133 Å². The van der Waals surface area contributed by atoms with Crippen molar-refractivity contribution >= 4 is 38.3 Å². The molecule has 0 saturated carbocycles. The van der Waals surface area contributed by atoms with Crippen molar-refractivity contribution in [1.29, 1.82) is 5.53 Å². The van der Waals surface area contributed by atoms with Gasteiger partial charge in [0.2, 0.25) is 5.91 Å². The second-order valence-corrected chi connectivity index (χ2v) is 6.39. The van der Waals surface area contributed by atoms with Crippen LogP contribution in [0.1, 0.15) is 19.8 Å². The molecule has 22 heavy (non-hydrogen) atoms. The monoisotopic (exact) mass is 317 g/mol. The summed E-state index contributed by atoms with van der Waals surface area (Å²) in [7, 11) is 0. The highest BCUT2D eigenvalue weighted by Crippen LogP contribution is 2.31. The van der Waals surface area contributed by atoms with E-state index in [-0.39, 0.29) is 5.91 Å². The molecule has 1 amide bonds. The molecular weight excluding hydrogens is 298 g/mol. The van der Waals surface area contributed by atoms with Gasteiger partial charge in [-0.1, -0.05) is 18.3 Å². The Bertz CT molecular complexity index is 690. The van der Waals surface area contributed by atoms with E-state index >= 15 is 0 Å². The maximum Gasteiger partial charge on any atom is 0.222 e. The Kier molecular flexibility index (Phi) is 4.33. The number of nitrogens with one attached hydrogen (secondary N) is 1. The van der Waals surface area contributed by atoms with Crippen molar-refractivity contribution in [3.8, 4) is 0 Å². The number of hydrogen-bond donors (Lipinski definition) is 1. The largest absolute Gasteiger partial charge is 0.345 e. The lowest BCUT2D eigenvalue weighted by Crippen LogP contribution is -2.48. The van der Waals surface area contributed by atoms with Crippen molar-refractivity contribution < 1.29 is 4.79 Å². The van der Waals surface area contributed by atoms with Crippen LogP contribution in [0, 0.1) is 5.53 Å². The first-order chi connectivity index (χ1) is 10.7. The fourth-order valence-electron chi connectivity index (χ4n) is 2.63. The lowest BCUT2D eigenvalue weighted by molar-refractivity contribution is -0.131. The molecule has 1 aromatic heterocycles. The highest BCUT2D eigenvalue weighted by molar-refractivity contribution is 7.22. The Hall–Kier alpha value is -2.02. The number of benzene rings is 1. The normalized spacial score (nSPS) is 15.3. The number of fused-ring (bicyclic) bond motifs is 1. The Balaban J connectivity index is 1.71. The van der Waals surface area contributed by atoms with Crippen LogP contribution in [0.3, 0.4) is 0 Å². The molecule has 1 aliphatic heterocycles. The van der Waals surface area contributed by atoms with Crippen LogP contribution in [-0.4, -0.2) is 42.0 Å². The summed E-state index contributed by atoms with van der Waals surface area (Å²) in [6, 6.07) is 5.61. The van der Waals surface area contributed by atoms with E-state index in [1.807, 2.05) is 24.0 Å². The molecule has 0 aliphatic carbocycles. The average molecular weight is 317 g/mol. The maximum absolute atomic E-state index is 11.9. The first-order valence-electron chi connectivity index (χ1n) is 7.52. The van der Waals surface area contributed by atoms with Crippen molar-refractivity contribution in [3.05, 3.63) is 18.2 Å². The van der Waals surface area contributed by atoms with Crippen LogP contribution in [0.15, 0.2) is 23.3 Å². The number of thiazole rings is 1. The van der Waals surface area contributed by atoms with Gasteiger partial charge in [0.15, 0.2) is 5.13 Å². The highest BCUT2D eigenvalue weighted by Gasteiger charge is 2.22. The lowest BCUT2D eigenvalue weighted by atomic mass is 10.2. The van der Waals surface area contributed by atoms with Crippen LogP contribution in [-0.2, 0) is 4.79 Å². The maximum atomic E-state index is 11.9. The van der Waals surface area contributed by atoms with Crippen molar-refractivity contribution in [2.45, 2.75) is 19.8 Å². The van der Waals surface area contributed by atoms with Crippen molar-refractivity contribution in [1.82, 2.24) is 9.88 Å². The zero-order valence-corrected chi connectivity index (χ0v) is 13.4. The first kappa shape index (κ1) is 14.9. The van der Waals surface area contributed by atoms with Crippen LogP contribution in [0.25, 0.3) is 10.2 Å². The van der Waals surface area contributed by atoms with Crippen LogP contribution in [0.4, 0.5) is 10.8 Å².